The number of likely N-dealkylation sites (N-methyl/N-ethyl adjacent to an activating group) is 1. The molecule has 1 aliphatic rings. The van der Waals surface area contributed by atoms with Crippen molar-refractivity contribution in [1.29, 1.82) is 0 Å². The molecular formula is C20H30N2O5. The zero-order chi connectivity index (χ0) is 19.8. The molecule has 1 unspecified atom stereocenters. The fraction of sp³-hybridized carbons (Fsp3) is 0.600. The van der Waals surface area contributed by atoms with Crippen LogP contribution in [-0.2, 0) is 16.0 Å². The van der Waals surface area contributed by atoms with Crippen molar-refractivity contribution in [2.24, 2.45) is 5.92 Å². The van der Waals surface area contributed by atoms with Gasteiger partial charge in [-0.25, -0.2) is 0 Å². The number of methoxy groups -OCH3 is 1. The molecule has 0 bridgehead atoms. The molecule has 1 aromatic rings. The summed E-state index contributed by atoms with van der Waals surface area (Å²) in [6.07, 6.45) is 0.742. The Hall–Kier alpha value is -2.28. The highest BCUT2D eigenvalue weighted by Crippen LogP contribution is 2.28. The van der Waals surface area contributed by atoms with E-state index in [0.29, 0.717) is 31.1 Å². The number of nitrogens with zero attached hydrogens (tertiary/aromatic N) is 2. The summed E-state index contributed by atoms with van der Waals surface area (Å²) in [5, 5.41) is 9.06. The van der Waals surface area contributed by atoms with Crippen LogP contribution in [0.1, 0.15) is 25.8 Å². The first-order valence-electron chi connectivity index (χ1n) is 9.51. The molecule has 7 nitrogen and oxygen atoms in total. The summed E-state index contributed by atoms with van der Waals surface area (Å²) in [5.41, 5.74) is 1.02. The summed E-state index contributed by atoms with van der Waals surface area (Å²) in [5.74, 6) is -0.210. The van der Waals surface area contributed by atoms with E-state index in [1.54, 1.807) is 12.0 Å². The van der Waals surface area contributed by atoms with Gasteiger partial charge in [-0.1, -0.05) is 19.9 Å². The molecule has 1 atom stereocenters. The van der Waals surface area contributed by atoms with E-state index in [-0.39, 0.29) is 18.9 Å². The van der Waals surface area contributed by atoms with E-state index in [2.05, 4.69) is 18.7 Å². The fourth-order valence-corrected chi connectivity index (χ4v) is 3.23. The number of carbonyl (C=O) groups is 2. The lowest BCUT2D eigenvalue weighted by Gasteiger charge is -2.19. The zero-order valence-corrected chi connectivity index (χ0v) is 16.4. The molecule has 1 N–H and O–H groups in total. The van der Waals surface area contributed by atoms with Gasteiger partial charge in [-0.05, 0) is 37.2 Å². The molecule has 1 heterocycles. The van der Waals surface area contributed by atoms with Crippen LogP contribution in [0.5, 0.6) is 11.5 Å². The second-order valence-electron chi connectivity index (χ2n) is 6.69. The average molecular weight is 378 g/mol. The Morgan fingerprint density at radius 3 is 2.63 bits per heavy atom. The first-order valence-corrected chi connectivity index (χ1v) is 9.51. The summed E-state index contributed by atoms with van der Waals surface area (Å²) in [4.78, 5) is 26.9. The van der Waals surface area contributed by atoms with Crippen LogP contribution in [0.15, 0.2) is 18.2 Å². The van der Waals surface area contributed by atoms with Crippen molar-refractivity contribution < 1.29 is 24.2 Å². The molecule has 1 saturated heterocycles. The lowest BCUT2D eigenvalue weighted by atomic mass is 10.1. The summed E-state index contributed by atoms with van der Waals surface area (Å²) in [6, 6.07) is 5.77. The van der Waals surface area contributed by atoms with Crippen molar-refractivity contribution in [2.45, 2.75) is 26.7 Å². The molecule has 1 aliphatic heterocycles. The number of hydrogen-bond donors (Lipinski definition) is 1. The van der Waals surface area contributed by atoms with Crippen LogP contribution in [0.25, 0.3) is 0 Å². The molecule has 2 rings (SSSR count). The standard InChI is InChI=1S/C20H30N2O5/c1-4-21(5-2)10-11-27-17-7-6-15(12-18(17)26-3)8-9-22-14-16(20(24)25)13-19(22)23/h6-7,12,16H,4-5,8-11,13-14H2,1-3H3,(H,24,25). The molecule has 150 valence electrons. The first kappa shape index (κ1) is 21.0. The first-order chi connectivity index (χ1) is 13.0. The number of rotatable bonds is 11. The molecule has 0 saturated carbocycles. The molecule has 1 fully saturated rings. The number of carbonyl (C=O) groups excluding carboxylic acids is 1. The number of hydrogen-bond acceptors (Lipinski definition) is 5. The van der Waals surface area contributed by atoms with E-state index in [4.69, 9.17) is 14.6 Å². The number of aliphatic carboxylic acids is 1. The van der Waals surface area contributed by atoms with Gasteiger partial charge in [-0.15, -0.1) is 0 Å². The SMILES string of the molecule is CCN(CC)CCOc1ccc(CCN2CC(C(=O)O)CC2=O)cc1OC. The van der Waals surface area contributed by atoms with Gasteiger partial charge in [0.25, 0.3) is 0 Å². The van der Waals surface area contributed by atoms with Crippen LogP contribution < -0.4 is 9.47 Å². The van der Waals surface area contributed by atoms with Crippen molar-refractivity contribution in [2.75, 3.05) is 46.4 Å². The van der Waals surface area contributed by atoms with Crippen LogP contribution >= 0.6 is 0 Å². The van der Waals surface area contributed by atoms with Crippen molar-refractivity contribution in [3.63, 3.8) is 0 Å². The van der Waals surface area contributed by atoms with Gasteiger partial charge in [-0.2, -0.15) is 0 Å². The van der Waals surface area contributed by atoms with E-state index in [9.17, 15) is 9.59 Å². The molecule has 1 aromatic carbocycles. The average Bonchev–Trinajstić information content (AvgIpc) is 3.05. The molecular weight excluding hydrogens is 348 g/mol. The number of ether oxygens (including phenoxy) is 2. The molecule has 0 spiro atoms. The maximum atomic E-state index is 11.9. The quantitative estimate of drug-likeness (QED) is 0.633. The highest BCUT2D eigenvalue weighted by Gasteiger charge is 2.33. The second kappa shape index (κ2) is 10.2. The molecule has 0 radical (unpaired) electrons. The Morgan fingerprint density at radius 1 is 1.30 bits per heavy atom. The maximum Gasteiger partial charge on any atom is 0.308 e. The van der Waals surface area contributed by atoms with E-state index in [0.717, 1.165) is 25.2 Å². The molecule has 7 heteroatoms. The van der Waals surface area contributed by atoms with Gasteiger partial charge < -0.3 is 24.4 Å². The third-order valence-corrected chi connectivity index (χ3v) is 5.02. The summed E-state index contributed by atoms with van der Waals surface area (Å²) in [7, 11) is 1.61. The van der Waals surface area contributed by atoms with E-state index >= 15 is 0 Å². The van der Waals surface area contributed by atoms with Gasteiger partial charge in [0.05, 0.1) is 13.0 Å². The van der Waals surface area contributed by atoms with Crippen molar-refractivity contribution >= 4 is 11.9 Å². The second-order valence-corrected chi connectivity index (χ2v) is 6.69. The summed E-state index contributed by atoms with van der Waals surface area (Å²) in [6.45, 7) is 8.49. The predicted octanol–water partition coefficient (Wildman–Crippen LogP) is 1.89. The number of likely N-dealkylation sites (tertiary alicyclic amines) is 1. The van der Waals surface area contributed by atoms with Gasteiger partial charge in [0.2, 0.25) is 5.91 Å². The van der Waals surface area contributed by atoms with Crippen LogP contribution in [0.3, 0.4) is 0 Å². The summed E-state index contributed by atoms with van der Waals surface area (Å²) >= 11 is 0. The Kier molecular flexibility index (Phi) is 7.91. The fourth-order valence-electron chi connectivity index (χ4n) is 3.23. The number of carboxylic acids is 1. The number of carboxylic acid groups (broad SMARTS) is 1. The van der Waals surface area contributed by atoms with Crippen molar-refractivity contribution in [3.8, 4) is 11.5 Å². The zero-order valence-electron chi connectivity index (χ0n) is 16.4. The molecule has 1 amide bonds. The lowest BCUT2D eigenvalue weighted by Crippen LogP contribution is -2.28. The van der Waals surface area contributed by atoms with E-state index < -0.39 is 11.9 Å². The molecule has 0 aromatic heterocycles. The number of benzene rings is 1. The number of amides is 1. The van der Waals surface area contributed by atoms with Crippen LogP contribution in [0.2, 0.25) is 0 Å². The topological polar surface area (TPSA) is 79.3 Å². The lowest BCUT2D eigenvalue weighted by molar-refractivity contribution is -0.141. The Balaban J connectivity index is 1.89. The van der Waals surface area contributed by atoms with Gasteiger partial charge in [-0.3, -0.25) is 9.59 Å². The largest absolute Gasteiger partial charge is 0.493 e. The molecule has 0 aliphatic carbocycles. The van der Waals surface area contributed by atoms with Gasteiger partial charge >= 0.3 is 5.97 Å². The summed E-state index contributed by atoms with van der Waals surface area (Å²) < 4.78 is 11.3. The van der Waals surface area contributed by atoms with Crippen molar-refractivity contribution in [1.82, 2.24) is 9.80 Å². The van der Waals surface area contributed by atoms with Crippen molar-refractivity contribution in [3.05, 3.63) is 23.8 Å². The minimum absolute atomic E-state index is 0.0919. The van der Waals surface area contributed by atoms with Crippen LogP contribution in [0.4, 0.5) is 0 Å². The smallest absolute Gasteiger partial charge is 0.308 e. The predicted molar refractivity (Wildman–Crippen MR) is 102 cm³/mol. The minimum atomic E-state index is -0.904. The monoisotopic (exact) mass is 378 g/mol. The molecule has 27 heavy (non-hydrogen) atoms. The van der Waals surface area contributed by atoms with Crippen LogP contribution in [-0.4, -0.2) is 73.2 Å². The third kappa shape index (κ3) is 5.85. The van der Waals surface area contributed by atoms with E-state index in [1.807, 2.05) is 18.2 Å². The van der Waals surface area contributed by atoms with Crippen LogP contribution in [0, 0.1) is 5.92 Å². The Bertz CT molecular complexity index is 645. The van der Waals surface area contributed by atoms with Gasteiger partial charge in [0.1, 0.15) is 6.61 Å². The minimum Gasteiger partial charge on any atom is -0.493 e. The Morgan fingerprint density at radius 2 is 2.04 bits per heavy atom. The highest BCUT2D eigenvalue weighted by molar-refractivity contribution is 5.86. The normalized spacial score (nSPS) is 16.8. The maximum absolute atomic E-state index is 11.9. The van der Waals surface area contributed by atoms with E-state index in [1.165, 1.54) is 0 Å². The van der Waals surface area contributed by atoms with Gasteiger partial charge in [0.15, 0.2) is 11.5 Å². The third-order valence-electron chi connectivity index (χ3n) is 5.02. The Labute approximate surface area is 160 Å². The van der Waals surface area contributed by atoms with Gasteiger partial charge in [0, 0.05) is 26.1 Å². The highest BCUT2D eigenvalue weighted by atomic mass is 16.5.